The number of hydrogen-bond acceptors (Lipinski definition) is 2. The Labute approximate surface area is 101 Å². The highest BCUT2D eigenvalue weighted by Crippen LogP contribution is 2.30. The van der Waals surface area contributed by atoms with Gasteiger partial charge in [-0.15, -0.1) is 0 Å². The van der Waals surface area contributed by atoms with Crippen molar-refractivity contribution in [2.24, 2.45) is 0 Å². The molecule has 0 fully saturated rings. The van der Waals surface area contributed by atoms with E-state index >= 15 is 0 Å². The van der Waals surface area contributed by atoms with Gasteiger partial charge in [0, 0.05) is 12.0 Å². The first-order chi connectivity index (χ1) is 8.18. The molecule has 2 aromatic rings. The van der Waals surface area contributed by atoms with E-state index < -0.39 is 0 Å². The number of rotatable bonds is 4. The first-order valence-corrected chi connectivity index (χ1v) is 5.36. The maximum atomic E-state index is 9.71. The molecular weight excluding hydrogens is 212 g/mol. The van der Waals surface area contributed by atoms with Crippen LogP contribution in [-0.2, 0) is 0 Å². The molecule has 0 aliphatic carbocycles. The number of allylic oxidation sites excluding steroid dienone is 2. The Bertz CT molecular complexity index is 536. The van der Waals surface area contributed by atoms with Gasteiger partial charge in [-0.3, -0.25) is 0 Å². The average molecular weight is 226 g/mol. The average Bonchev–Trinajstić information content (AvgIpc) is 2.82. The van der Waals surface area contributed by atoms with Crippen LogP contribution in [0.5, 0.6) is 5.75 Å². The molecule has 0 spiro atoms. The lowest BCUT2D eigenvalue weighted by Gasteiger charge is -2.08. The van der Waals surface area contributed by atoms with Crippen LogP contribution in [0.2, 0.25) is 0 Å². The third-order valence-corrected chi connectivity index (χ3v) is 2.58. The van der Waals surface area contributed by atoms with Crippen molar-refractivity contribution >= 4 is 11.1 Å². The fraction of sp³-hybridized carbons (Fsp3) is 0.0667. The van der Waals surface area contributed by atoms with Crippen LogP contribution in [0, 0.1) is 0 Å². The van der Waals surface area contributed by atoms with Crippen LogP contribution in [0.15, 0.2) is 60.2 Å². The van der Waals surface area contributed by atoms with E-state index in [0.717, 1.165) is 22.5 Å². The lowest BCUT2D eigenvalue weighted by atomic mass is 9.99. The summed E-state index contributed by atoms with van der Waals surface area (Å²) in [6.45, 7) is 7.93. The molecule has 1 aromatic heterocycles. The molecule has 2 nitrogen and oxygen atoms in total. The fourth-order valence-corrected chi connectivity index (χ4v) is 1.69. The smallest absolute Gasteiger partial charge is 0.129 e. The zero-order chi connectivity index (χ0) is 12.3. The molecule has 0 saturated carbocycles. The van der Waals surface area contributed by atoms with E-state index in [1.165, 1.54) is 0 Å². The Kier molecular flexibility index (Phi) is 3.15. The highest BCUT2D eigenvalue weighted by Gasteiger charge is 2.08. The van der Waals surface area contributed by atoms with Gasteiger partial charge in [0.15, 0.2) is 0 Å². The van der Waals surface area contributed by atoms with Gasteiger partial charge in [-0.2, -0.15) is 0 Å². The largest absolute Gasteiger partial charge is 0.507 e. The normalized spacial score (nSPS) is 10.1. The molecule has 1 heterocycles. The van der Waals surface area contributed by atoms with Crippen LogP contribution in [0.25, 0.3) is 11.1 Å². The van der Waals surface area contributed by atoms with E-state index in [4.69, 9.17) is 4.42 Å². The molecule has 0 unspecified atom stereocenters. The monoisotopic (exact) mass is 226 g/mol. The summed E-state index contributed by atoms with van der Waals surface area (Å²) in [7, 11) is 0. The Balaban J connectivity index is 2.13. The number of hydrogen-bond donors (Lipinski definition) is 1. The second-order valence-corrected chi connectivity index (χ2v) is 3.88. The number of benzene rings is 1. The highest BCUT2D eigenvalue weighted by molar-refractivity contribution is 5.78. The van der Waals surface area contributed by atoms with Gasteiger partial charge in [-0.1, -0.05) is 31.4 Å². The van der Waals surface area contributed by atoms with E-state index in [9.17, 15) is 5.11 Å². The van der Waals surface area contributed by atoms with E-state index in [1.54, 1.807) is 18.4 Å². The minimum atomic E-state index is 0.241. The minimum Gasteiger partial charge on any atom is -0.507 e. The minimum absolute atomic E-state index is 0.241. The third kappa shape index (κ3) is 2.48. The second-order valence-electron chi connectivity index (χ2n) is 3.88. The molecule has 0 bridgehead atoms. The third-order valence-electron chi connectivity index (χ3n) is 2.58. The number of para-hydroxylation sites is 1. The Morgan fingerprint density at radius 1 is 1.06 bits per heavy atom. The Morgan fingerprint density at radius 3 is 2.47 bits per heavy atom. The summed E-state index contributed by atoms with van der Waals surface area (Å²) in [4.78, 5) is 0. The molecule has 0 amide bonds. The van der Waals surface area contributed by atoms with Gasteiger partial charge in [-0.05, 0) is 29.3 Å². The van der Waals surface area contributed by atoms with E-state index in [1.807, 2.05) is 24.3 Å². The van der Waals surface area contributed by atoms with Crippen LogP contribution < -0.4 is 0 Å². The predicted octanol–water partition coefficient (Wildman–Crippen LogP) is 4.10. The molecule has 0 saturated heterocycles. The predicted molar refractivity (Wildman–Crippen MR) is 69.5 cm³/mol. The summed E-state index contributed by atoms with van der Waals surface area (Å²) in [6, 6.07) is 10.8. The zero-order valence-electron chi connectivity index (χ0n) is 9.52. The fourth-order valence-electron chi connectivity index (χ4n) is 1.69. The molecule has 1 aromatic carbocycles. The molecule has 0 aliphatic heterocycles. The van der Waals surface area contributed by atoms with Crippen LogP contribution >= 0.6 is 0 Å². The SMILES string of the molecule is C=C(CC(=C)c1ccccc1O)c1ccco1. The van der Waals surface area contributed by atoms with Crippen LogP contribution in [0.3, 0.4) is 0 Å². The molecular formula is C15H14O2. The van der Waals surface area contributed by atoms with Gasteiger partial charge in [0.1, 0.15) is 11.5 Å². The van der Waals surface area contributed by atoms with Gasteiger partial charge in [-0.25, -0.2) is 0 Å². The number of phenolic OH excluding ortho intramolecular Hbond substituents is 1. The maximum absolute atomic E-state index is 9.71. The molecule has 0 aliphatic rings. The first-order valence-electron chi connectivity index (χ1n) is 5.36. The highest BCUT2D eigenvalue weighted by atomic mass is 16.3. The van der Waals surface area contributed by atoms with E-state index in [0.29, 0.717) is 6.42 Å². The van der Waals surface area contributed by atoms with Gasteiger partial charge in [0.05, 0.1) is 6.26 Å². The Morgan fingerprint density at radius 2 is 1.82 bits per heavy atom. The van der Waals surface area contributed by atoms with Crippen LogP contribution in [0.4, 0.5) is 0 Å². The molecule has 0 atom stereocenters. The van der Waals surface area contributed by atoms with Crippen molar-refractivity contribution < 1.29 is 9.52 Å². The van der Waals surface area contributed by atoms with E-state index in [-0.39, 0.29) is 5.75 Å². The molecule has 17 heavy (non-hydrogen) atoms. The lowest BCUT2D eigenvalue weighted by Crippen LogP contribution is -1.86. The van der Waals surface area contributed by atoms with Crippen molar-refractivity contribution in [2.75, 3.05) is 0 Å². The number of phenols is 1. The van der Waals surface area contributed by atoms with Crippen LogP contribution in [0.1, 0.15) is 17.7 Å². The van der Waals surface area contributed by atoms with Crippen molar-refractivity contribution in [3.63, 3.8) is 0 Å². The lowest BCUT2D eigenvalue weighted by molar-refractivity contribution is 0.473. The summed E-state index contributed by atoms with van der Waals surface area (Å²) in [5.41, 5.74) is 2.42. The van der Waals surface area contributed by atoms with Gasteiger partial charge < -0.3 is 9.52 Å². The van der Waals surface area contributed by atoms with Gasteiger partial charge in [0.25, 0.3) is 0 Å². The zero-order valence-corrected chi connectivity index (χ0v) is 9.52. The second kappa shape index (κ2) is 4.74. The summed E-state index contributed by atoms with van der Waals surface area (Å²) >= 11 is 0. The van der Waals surface area contributed by atoms with Gasteiger partial charge in [0.2, 0.25) is 0 Å². The van der Waals surface area contributed by atoms with Crippen molar-refractivity contribution in [1.29, 1.82) is 0 Å². The van der Waals surface area contributed by atoms with Crippen molar-refractivity contribution in [3.05, 3.63) is 67.1 Å². The molecule has 0 radical (unpaired) electrons. The first kappa shape index (κ1) is 11.3. The summed E-state index contributed by atoms with van der Waals surface area (Å²) in [5.74, 6) is 0.992. The summed E-state index contributed by atoms with van der Waals surface area (Å²) in [5, 5.41) is 9.71. The quantitative estimate of drug-likeness (QED) is 0.851. The van der Waals surface area contributed by atoms with Crippen molar-refractivity contribution in [1.82, 2.24) is 0 Å². The van der Waals surface area contributed by atoms with Gasteiger partial charge >= 0.3 is 0 Å². The summed E-state index contributed by atoms with van der Waals surface area (Å²) in [6.07, 6.45) is 2.19. The van der Waals surface area contributed by atoms with E-state index in [2.05, 4.69) is 13.2 Å². The Hall–Kier alpha value is -2.22. The van der Waals surface area contributed by atoms with Crippen molar-refractivity contribution in [3.8, 4) is 5.75 Å². The molecule has 2 rings (SSSR count). The molecule has 1 N–H and O–H groups in total. The molecule has 86 valence electrons. The number of furan rings is 1. The maximum Gasteiger partial charge on any atom is 0.129 e. The topological polar surface area (TPSA) is 33.4 Å². The molecule has 2 heteroatoms. The van der Waals surface area contributed by atoms with Crippen molar-refractivity contribution in [2.45, 2.75) is 6.42 Å². The number of aromatic hydroxyl groups is 1. The standard InChI is InChI=1S/C15H14O2/c1-11(13-6-3-4-7-14(13)16)10-12(2)15-8-5-9-17-15/h3-9,16H,1-2,10H2. The van der Waals surface area contributed by atoms with Crippen LogP contribution in [-0.4, -0.2) is 5.11 Å². The summed E-state index contributed by atoms with van der Waals surface area (Å²) < 4.78 is 5.26.